The van der Waals surface area contributed by atoms with Crippen LogP contribution in [0.25, 0.3) is 0 Å². The smallest absolute Gasteiger partial charge is 0.486 e. The Morgan fingerprint density at radius 3 is 2.32 bits per heavy atom. The van der Waals surface area contributed by atoms with Crippen molar-refractivity contribution in [3.05, 3.63) is 24.2 Å². The number of hydrogen-bond acceptors (Lipinski definition) is 4. The molecular formula is C15H14F6NO3. The number of ether oxygens (including phenoxy) is 3. The highest BCUT2D eigenvalue weighted by Crippen LogP contribution is 2.40. The summed E-state index contributed by atoms with van der Waals surface area (Å²) in [7, 11) is 0. The second-order valence-corrected chi connectivity index (χ2v) is 5.87. The minimum Gasteiger partial charge on any atom is -0.486 e. The lowest BCUT2D eigenvalue weighted by Gasteiger charge is -2.29. The van der Waals surface area contributed by atoms with E-state index in [1.54, 1.807) is 0 Å². The highest BCUT2D eigenvalue weighted by molar-refractivity contribution is 5.46. The number of halogens is 6. The predicted octanol–water partition coefficient (Wildman–Crippen LogP) is 4.31. The van der Waals surface area contributed by atoms with Crippen molar-refractivity contribution in [1.29, 1.82) is 0 Å². The Morgan fingerprint density at radius 2 is 1.68 bits per heavy atom. The lowest BCUT2D eigenvalue weighted by molar-refractivity contribution is -0.276. The van der Waals surface area contributed by atoms with E-state index in [0.717, 1.165) is 31.0 Å². The zero-order chi connectivity index (χ0) is 18.2. The van der Waals surface area contributed by atoms with Crippen molar-refractivity contribution in [3.63, 3.8) is 0 Å². The van der Waals surface area contributed by atoms with Crippen LogP contribution in [0, 0.1) is 6.04 Å². The molecule has 0 aliphatic carbocycles. The maximum atomic E-state index is 12.5. The first kappa shape index (κ1) is 18.0. The summed E-state index contributed by atoms with van der Waals surface area (Å²) in [4.78, 5) is 0. The predicted molar refractivity (Wildman–Crippen MR) is 72.9 cm³/mol. The summed E-state index contributed by atoms with van der Waals surface area (Å²) in [6.45, 7) is 0. The molecule has 25 heavy (non-hydrogen) atoms. The van der Waals surface area contributed by atoms with E-state index in [1.165, 1.54) is 0 Å². The van der Waals surface area contributed by atoms with Crippen LogP contribution in [0.3, 0.4) is 0 Å². The molecule has 1 aromatic rings. The Balaban J connectivity index is 1.79. The Labute approximate surface area is 139 Å². The van der Waals surface area contributed by atoms with Crippen molar-refractivity contribution >= 4 is 0 Å². The van der Waals surface area contributed by atoms with Crippen LogP contribution in [0.2, 0.25) is 0 Å². The van der Waals surface area contributed by atoms with E-state index in [1.807, 2.05) is 0 Å². The lowest BCUT2D eigenvalue weighted by Crippen LogP contribution is -2.38. The minimum absolute atomic E-state index is 0.202. The summed E-state index contributed by atoms with van der Waals surface area (Å²) in [5, 5.41) is 3.27. The molecule has 2 fully saturated rings. The number of nitrogens with one attached hydrogen (secondary N) is 1. The molecule has 2 bridgehead atoms. The Morgan fingerprint density at radius 1 is 0.960 bits per heavy atom. The van der Waals surface area contributed by atoms with Crippen LogP contribution in [0.4, 0.5) is 26.3 Å². The Kier molecular flexibility index (Phi) is 4.65. The van der Waals surface area contributed by atoms with E-state index in [4.69, 9.17) is 4.74 Å². The van der Waals surface area contributed by atoms with Crippen LogP contribution < -0.4 is 19.5 Å². The average molecular weight is 370 g/mol. The molecule has 2 unspecified atom stereocenters. The summed E-state index contributed by atoms with van der Waals surface area (Å²) in [6, 6.07) is 3.65. The van der Waals surface area contributed by atoms with Crippen LogP contribution in [-0.2, 0) is 0 Å². The molecule has 0 amide bonds. The number of alkyl halides is 6. The first-order valence-corrected chi connectivity index (χ1v) is 7.51. The third kappa shape index (κ3) is 5.07. The molecule has 3 rings (SSSR count). The largest absolute Gasteiger partial charge is 0.573 e. The third-order valence-corrected chi connectivity index (χ3v) is 3.89. The fourth-order valence-electron chi connectivity index (χ4n) is 3.05. The van der Waals surface area contributed by atoms with Gasteiger partial charge in [0, 0.05) is 24.6 Å². The topological polar surface area (TPSA) is 39.7 Å². The normalized spacial score (nSPS) is 24.2. The number of rotatable bonds is 4. The molecule has 1 N–H and O–H groups in total. The van der Waals surface area contributed by atoms with Crippen molar-refractivity contribution in [2.24, 2.45) is 0 Å². The second-order valence-electron chi connectivity index (χ2n) is 5.87. The van der Waals surface area contributed by atoms with Gasteiger partial charge in [-0.25, -0.2) is 0 Å². The summed E-state index contributed by atoms with van der Waals surface area (Å²) < 4.78 is 87.4. The molecule has 1 radical (unpaired) electrons. The summed E-state index contributed by atoms with van der Waals surface area (Å²) in [6.07, 6.45) is -7.53. The highest BCUT2D eigenvalue weighted by atomic mass is 19.4. The molecule has 0 aromatic heterocycles. The molecule has 2 saturated heterocycles. The van der Waals surface area contributed by atoms with Crippen molar-refractivity contribution in [1.82, 2.24) is 5.32 Å². The number of benzene rings is 1. The van der Waals surface area contributed by atoms with Crippen molar-refractivity contribution in [3.8, 4) is 17.2 Å². The quantitative estimate of drug-likeness (QED) is 0.802. The van der Waals surface area contributed by atoms with E-state index in [9.17, 15) is 26.3 Å². The first-order chi connectivity index (χ1) is 11.6. The molecule has 2 aliphatic heterocycles. The van der Waals surface area contributed by atoms with Crippen LogP contribution in [-0.4, -0.2) is 24.9 Å². The fourth-order valence-corrected chi connectivity index (χ4v) is 3.05. The van der Waals surface area contributed by atoms with Gasteiger partial charge in [0.15, 0.2) is 11.5 Å². The van der Waals surface area contributed by atoms with Gasteiger partial charge in [0.05, 0.1) is 0 Å². The Hall–Kier alpha value is -1.84. The van der Waals surface area contributed by atoms with Crippen molar-refractivity contribution in [2.45, 2.75) is 50.6 Å². The summed E-state index contributed by atoms with van der Waals surface area (Å²) >= 11 is 0. The molecule has 0 saturated carbocycles. The van der Waals surface area contributed by atoms with Gasteiger partial charge in [-0.2, -0.15) is 0 Å². The van der Waals surface area contributed by atoms with Gasteiger partial charge >= 0.3 is 12.7 Å². The van der Waals surface area contributed by atoms with Gasteiger partial charge in [0.2, 0.25) is 0 Å². The molecule has 2 aliphatic rings. The summed E-state index contributed by atoms with van der Waals surface area (Å²) in [5.74, 6) is -1.97. The molecule has 10 heteroatoms. The van der Waals surface area contributed by atoms with Gasteiger partial charge in [-0.15, -0.1) is 26.3 Å². The minimum atomic E-state index is -5.07. The zero-order valence-corrected chi connectivity index (χ0v) is 12.7. The molecule has 2 atom stereocenters. The van der Waals surface area contributed by atoms with Gasteiger partial charge in [0.25, 0.3) is 0 Å². The van der Waals surface area contributed by atoms with E-state index in [0.29, 0.717) is 18.9 Å². The fraction of sp³-hybridized carbons (Fsp3) is 0.533. The second kappa shape index (κ2) is 6.47. The van der Waals surface area contributed by atoms with Crippen molar-refractivity contribution in [2.75, 3.05) is 0 Å². The maximum Gasteiger partial charge on any atom is 0.573 e. The van der Waals surface area contributed by atoms with E-state index < -0.39 is 24.2 Å². The third-order valence-electron chi connectivity index (χ3n) is 3.89. The van der Waals surface area contributed by atoms with Gasteiger partial charge < -0.3 is 19.5 Å². The van der Waals surface area contributed by atoms with E-state index in [2.05, 4.69) is 14.8 Å². The summed E-state index contributed by atoms with van der Waals surface area (Å²) in [5.41, 5.74) is 0. The van der Waals surface area contributed by atoms with Gasteiger partial charge in [-0.3, -0.25) is 0 Å². The lowest BCUT2D eigenvalue weighted by atomic mass is 10.0. The molecular weight excluding hydrogens is 356 g/mol. The zero-order valence-electron chi connectivity index (χ0n) is 12.7. The highest BCUT2D eigenvalue weighted by Gasteiger charge is 2.37. The molecule has 4 nitrogen and oxygen atoms in total. The van der Waals surface area contributed by atoms with E-state index >= 15 is 0 Å². The Bertz CT molecular complexity index is 606. The molecule has 139 valence electrons. The molecule has 2 heterocycles. The molecule has 1 aromatic carbocycles. The van der Waals surface area contributed by atoms with E-state index in [-0.39, 0.29) is 17.9 Å². The van der Waals surface area contributed by atoms with Crippen LogP contribution in [0.15, 0.2) is 18.2 Å². The van der Waals surface area contributed by atoms with Gasteiger partial charge in [-0.1, -0.05) is 0 Å². The number of piperidine rings is 1. The van der Waals surface area contributed by atoms with Crippen molar-refractivity contribution < 1.29 is 40.6 Å². The monoisotopic (exact) mass is 370 g/mol. The molecule has 0 spiro atoms. The van der Waals surface area contributed by atoms with Crippen LogP contribution >= 0.6 is 0 Å². The van der Waals surface area contributed by atoms with Gasteiger partial charge in [-0.05, 0) is 31.4 Å². The average Bonchev–Trinajstić information content (AvgIpc) is 2.77. The number of hydrogen-bond donors (Lipinski definition) is 1. The standard InChI is InChI=1S/C15H14F6NO3/c16-14(17,18)24-10-3-4-12(13(7-10)25-15(19,20)21)23-11-5-8-1-2-9(6-11)22-8/h3-4,7-8,11,22H,1-2,5-6H2. The van der Waals surface area contributed by atoms with Crippen LogP contribution in [0.1, 0.15) is 25.7 Å². The maximum absolute atomic E-state index is 12.5. The SMILES string of the molecule is FC(F)(F)Oc1ccc(OC2C[C]3CCC(C2)N3)c(OC(F)(F)F)c1. The van der Waals surface area contributed by atoms with Gasteiger partial charge in [0.1, 0.15) is 11.9 Å². The first-order valence-electron chi connectivity index (χ1n) is 7.51. The number of fused-ring (bicyclic) bond motifs is 2. The van der Waals surface area contributed by atoms with Crippen LogP contribution in [0.5, 0.6) is 17.2 Å².